The number of rotatable bonds is 35. The summed E-state index contributed by atoms with van der Waals surface area (Å²) in [4.78, 5) is 54.1. The smallest absolute Gasteiger partial charge is 0.407 e. The van der Waals surface area contributed by atoms with Gasteiger partial charge in [0.2, 0.25) is 5.91 Å². The Labute approximate surface area is 447 Å². The van der Waals surface area contributed by atoms with Gasteiger partial charge >= 0.3 is 6.09 Å². The average molecular weight is 1060 g/mol. The van der Waals surface area contributed by atoms with E-state index in [0.717, 1.165) is 61.4 Å². The van der Waals surface area contributed by atoms with Crippen molar-refractivity contribution < 1.29 is 56.6 Å². The van der Waals surface area contributed by atoms with E-state index < -0.39 is 17.5 Å². The number of alkyl carbamates (subject to hydrolysis) is 1. The molecule has 76 heavy (non-hydrogen) atoms. The predicted octanol–water partition coefficient (Wildman–Crippen LogP) is 6.42. The maximum Gasteiger partial charge on any atom is 0.407 e. The molecule has 0 unspecified atom stereocenters. The molecule has 1 aliphatic carbocycles. The van der Waals surface area contributed by atoms with Crippen LogP contribution in [0.5, 0.6) is 5.75 Å². The zero-order valence-electron chi connectivity index (χ0n) is 45.7. The Morgan fingerprint density at radius 2 is 1.39 bits per heavy atom. The molecule has 20 heteroatoms. The highest BCUT2D eigenvalue weighted by molar-refractivity contribution is 5.82. The molecule has 6 rings (SSSR count). The fourth-order valence-electron chi connectivity index (χ4n) is 8.62. The molecule has 4 heterocycles. The Morgan fingerprint density at radius 1 is 0.763 bits per heavy atom. The van der Waals surface area contributed by atoms with E-state index in [2.05, 4.69) is 41.8 Å². The highest BCUT2D eigenvalue weighted by Crippen LogP contribution is 2.38. The highest BCUT2D eigenvalue weighted by Gasteiger charge is 2.30. The van der Waals surface area contributed by atoms with Crippen LogP contribution in [-0.4, -0.2) is 180 Å². The van der Waals surface area contributed by atoms with Gasteiger partial charge < -0.3 is 62.3 Å². The lowest BCUT2D eigenvalue weighted by Gasteiger charge is -2.40. The first-order chi connectivity index (χ1) is 36.7. The molecule has 2 amide bonds. The predicted molar refractivity (Wildman–Crippen MR) is 287 cm³/mol. The molecule has 1 aliphatic heterocycles. The van der Waals surface area contributed by atoms with E-state index in [9.17, 15) is 14.4 Å². The van der Waals surface area contributed by atoms with Crippen LogP contribution >= 0.6 is 0 Å². The number of anilines is 1. The number of hydrogen-bond donors (Lipinski definition) is 1. The van der Waals surface area contributed by atoms with Crippen LogP contribution in [0.25, 0.3) is 10.9 Å². The second-order valence-corrected chi connectivity index (χ2v) is 20.2. The molecule has 3 aromatic heterocycles. The van der Waals surface area contributed by atoms with E-state index in [1.807, 2.05) is 65.3 Å². The maximum absolute atomic E-state index is 15.9. The minimum absolute atomic E-state index is 0.0452. The van der Waals surface area contributed by atoms with Crippen LogP contribution in [0.2, 0.25) is 0 Å². The summed E-state index contributed by atoms with van der Waals surface area (Å²) in [6, 6.07) is 11.6. The second-order valence-electron chi connectivity index (χ2n) is 20.2. The van der Waals surface area contributed by atoms with Gasteiger partial charge in [-0.25, -0.2) is 9.18 Å². The number of piperidine rings is 1. The van der Waals surface area contributed by atoms with Crippen LogP contribution in [0, 0.1) is 19.7 Å². The number of carbonyl (C=O) groups is 2. The number of ether oxygens (including phenoxy) is 9. The highest BCUT2D eigenvalue weighted by atomic mass is 19.1. The molecule has 4 aromatic rings. The van der Waals surface area contributed by atoms with E-state index in [1.54, 1.807) is 13.1 Å². The molecular formula is C56H82FN7O12. The van der Waals surface area contributed by atoms with E-state index in [1.165, 1.54) is 11.0 Å². The summed E-state index contributed by atoms with van der Waals surface area (Å²) in [6.07, 6.45) is 9.40. The SMILES string of the molecule is Cc1ccc(N2CCC[C@H](N(Cc3ccnc(C)c3)Cc3cn(C4CC4)c4cc(OCCN(C)C(=O)CCOCCOCCOCCOCCOCCOCCOCCNC(=O)OC(C)(C)C)c(F)cc4c3=O)C2)cn1. The molecule has 1 N–H and O–H groups in total. The Balaban J connectivity index is 0.823. The van der Waals surface area contributed by atoms with Crippen LogP contribution in [0.4, 0.5) is 14.9 Å². The standard InChI is InChI=1S/C56H82FN7O12/c1-42-9-10-47(37-60-42)62-17-7-8-48(41-62)63(38-44-13-15-58-43(2)34-44)39-45-40-64(46-11-12-46)51-36-52(50(57)35-49(51)54(45)66)75-21-18-61(6)53(65)14-19-68-22-24-70-26-28-72-30-32-74-33-31-73-29-27-71-25-23-69-20-16-59-55(67)76-56(3,4)5/h9-10,13,15,34-37,40,46,48H,7-8,11-12,14,16-33,38-39,41H2,1-6H3,(H,59,67)/t48-/m0/s1. The Kier molecular flexibility index (Phi) is 25.1. The summed E-state index contributed by atoms with van der Waals surface area (Å²) in [6.45, 7) is 18.5. The third-order valence-electron chi connectivity index (χ3n) is 12.7. The van der Waals surface area contributed by atoms with Crippen molar-refractivity contribution in [3.63, 3.8) is 0 Å². The van der Waals surface area contributed by atoms with Crippen molar-refractivity contribution in [2.45, 2.75) is 97.5 Å². The third-order valence-corrected chi connectivity index (χ3v) is 12.7. The van der Waals surface area contributed by atoms with Gasteiger partial charge in [0.1, 0.15) is 12.2 Å². The van der Waals surface area contributed by atoms with E-state index in [-0.39, 0.29) is 55.3 Å². The quantitative estimate of drug-likeness (QED) is 0.0497. The Morgan fingerprint density at radius 3 is 1.99 bits per heavy atom. The van der Waals surface area contributed by atoms with Crippen molar-refractivity contribution in [3.8, 4) is 5.75 Å². The van der Waals surface area contributed by atoms with Gasteiger partial charge in [-0.1, -0.05) is 0 Å². The Hall–Kier alpha value is -5.32. The maximum atomic E-state index is 15.9. The molecular weight excluding hydrogens is 982 g/mol. The van der Waals surface area contributed by atoms with Gasteiger partial charge in [-0.05, 0) is 96.2 Å². The van der Waals surface area contributed by atoms with Gasteiger partial charge in [-0.15, -0.1) is 0 Å². The molecule has 19 nitrogen and oxygen atoms in total. The van der Waals surface area contributed by atoms with Gasteiger partial charge in [-0.2, -0.15) is 0 Å². The van der Waals surface area contributed by atoms with Crippen molar-refractivity contribution in [2.24, 2.45) is 0 Å². The number of likely N-dealkylation sites (N-methyl/N-ethyl adjacent to an activating group) is 1. The molecule has 420 valence electrons. The summed E-state index contributed by atoms with van der Waals surface area (Å²) in [5.74, 6) is -0.699. The fourth-order valence-corrected chi connectivity index (χ4v) is 8.62. The van der Waals surface area contributed by atoms with E-state index in [4.69, 9.17) is 42.6 Å². The van der Waals surface area contributed by atoms with Crippen LogP contribution < -0.4 is 20.4 Å². The van der Waals surface area contributed by atoms with Crippen LogP contribution in [0.1, 0.15) is 81.4 Å². The molecule has 0 spiro atoms. The lowest BCUT2D eigenvalue weighted by atomic mass is 10.0. The number of aromatic nitrogens is 3. The number of hydrogen-bond acceptors (Lipinski definition) is 16. The van der Waals surface area contributed by atoms with Crippen molar-refractivity contribution in [1.82, 2.24) is 29.7 Å². The molecule has 2 aliphatic rings. The first kappa shape index (κ1) is 59.9. The lowest BCUT2D eigenvalue weighted by Crippen LogP contribution is -2.48. The van der Waals surface area contributed by atoms with Gasteiger partial charge in [0.05, 0.1) is 123 Å². The number of fused-ring (bicyclic) bond motifs is 1. The molecule has 0 radical (unpaired) electrons. The van der Waals surface area contributed by atoms with Crippen molar-refractivity contribution in [2.75, 3.05) is 137 Å². The first-order valence-corrected chi connectivity index (χ1v) is 26.8. The van der Waals surface area contributed by atoms with E-state index >= 15 is 4.39 Å². The number of amides is 2. The van der Waals surface area contributed by atoms with Crippen LogP contribution in [-0.2, 0) is 55.8 Å². The summed E-state index contributed by atoms with van der Waals surface area (Å²) >= 11 is 0. The molecule has 1 saturated carbocycles. The van der Waals surface area contributed by atoms with Crippen molar-refractivity contribution in [3.05, 3.63) is 93.5 Å². The molecule has 0 bridgehead atoms. The zero-order chi connectivity index (χ0) is 54.1. The van der Waals surface area contributed by atoms with Gasteiger partial charge in [0.25, 0.3) is 0 Å². The topological polar surface area (TPSA) is 187 Å². The number of halogens is 1. The van der Waals surface area contributed by atoms with E-state index in [0.29, 0.717) is 122 Å². The summed E-state index contributed by atoms with van der Waals surface area (Å²) < 4.78 is 67.7. The van der Waals surface area contributed by atoms with Crippen molar-refractivity contribution >= 4 is 28.6 Å². The number of pyridine rings is 3. The number of benzene rings is 1. The molecule has 2 fully saturated rings. The first-order valence-electron chi connectivity index (χ1n) is 26.8. The van der Waals surface area contributed by atoms with Crippen molar-refractivity contribution in [1.29, 1.82) is 0 Å². The van der Waals surface area contributed by atoms with Crippen LogP contribution in [0.3, 0.4) is 0 Å². The van der Waals surface area contributed by atoms with Gasteiger partial charge in [-0.3, -0.25) is 24.5 Å². The monoisotopic (exact) mass is 1060 g/mol. The summed E-state index contributed by atoms with van der Waals surface area (Å²) in [7, 11) is 1.68. The summed E-state index contributed by atoms with van der Waals surface area (Å²) in [5, 5.41) is 2.96. The second kappa shape index (κ2) is 31.8. The number of nitrogens with one attached hydrogen (secondary N) is 1. The number of nitrogens with zero attached hydrogens (tertiary/aromatic N) is 6. The average Bonchev–Trinajstić information content (AvgIpc) is 4.26. The summed E-state index contributed by atoms with van der Waals surface area (Å²) in [5.41, 5.74) is 4.70. The zero-order valence-corrected chi connectivity index (χ0v) is 45.7. The largest absolute Gasteiger partial charge is 0.489 e. The normalized spacial score (nSPS) is 14.9. The molecule has 1 aromatic carbocycles. The number of carbonyl (C=O) groups excluding carboxylic acids is 2. The van der Waals surface area contributed by atoms with Gasteiger partial charge in [0.15, 0.2) is 17.0 Å². The molecule has 1 saturated heterocycles. The Bertz CT molecular complexity index is 2440. The third kappa shape index (κ3) is 21.2. The van der Waals surface area contributed by atoms with Gasteiger partial charge in [0, 0.05) is 92.7 Å². The molecule has 1 atom stereocenters. The van der Waals surface area contributed by atoms with Crippen LogP contribution in [0.15, 0.2) is 59.8 Å². The minimum Gasteiger partial charge on any atom is -0.489 e. The lowest BCUT2D eigenvalue weighted by molar-refractivity contribution is -0.131. The fraction of sp³-hybridized carbons (Fsp3) is 0.625. The number of aryl methyl sites for hydroxylation is 2. The minimum atomic E-state index is -0.617.